The van der Waals surface area contributed by atoms with Gasteiger partial charge in [-0.05, 0) is 42.3 Å². The summed E-state index contributed by atoms with van der Waals surface area (Å²) in [6.45, 7) is 0.478. The molecule has 0 atom stereocenters. The average Bonchev–Trinajstić information content (AvgIpc) is 2.72. The van der Waals surface area contributed by atoms with Crippen LogP contribution in [0.15, 0.2) is 47.5 Å². The summed E-state index contributed by atoms with van der Waals surface area (Å²) in [5.41, 5.74) is 8.19. The number of guanidine groups is 1. The van der Waals surface area contributed by atoms with E-state index in [0.29, 0.717) is 35.7 Å². The molecule has 4 N–H and O–H groups in total. The summed E-state index contributed by atoms with van der Waals surface area (Å²) in [7, 11) is 3.19. The molecule has 0 fully saturated rings. The van der Waals surface area contributed by atoms with Crippen molar-refractivity contribution in [3.8, 4) is 23.8 Å². The van der Waals surface area contributed by atoms with Gasteiger partial charge in [0.2, 0.25) is 5.91 Å². The van der Waals surface area contributed by atoms with Gasteiger partial charge in [0, 0.05) is 17.8 Å². The number of amides is 1. The molecule has 7 heteroatoms. The van der Waals surface area contributed by atoms with Crippen LogP contribution in [0.2, 0.25) is 0 Å². The Hall–Kier alpha value is -3.66. The molecule has 2 aromatic rings. The molecular formula is C21H24N4O3. The van der Waals surface area contributed by atoms with Crippen molar-refractivity contribution in [1.82, 2.24) is 5.32 Å². The van der Waals surface area contributed by atoms with Crippen molar-refractivity contribution < 1.29 is 14.3 Å². The SMILES string of the molecule is C#Cc1cccc(NC(=O)CN=C(N)NCCc2ccc(OC)c(OC)c2)c1. The van der Waals surface area contributed by atoms with Crippen molar-refractivity contribution in [2.45, 2.75) is 6.42 Å². The fourth-order valence-corrected chi connectivity index (χ4v) is 2.47. The van der Waals surface area contributed by atoms with Crippen LogP contribution in [0.1, 0.15) is 11.1 Å². The topological polar surface area (TPSA) is 98.0 Å². The highest BCUT2D eigenvalue weighted by Gasteiger charge is 2.05. The number of ether oxygens (including phenoxy) is 2. The molecule has 0 unspecified atom stereocenters. The number of aliphatic imine (C=N–C) groups is 1. The van der Waals surface area contributed by atoms with Gasteiger partial charge in [-0.2, -0.15) is 0 Å². The Balaban J connectivity index is 1.79. The van der Waals surface area contributed by atoms with Gasteiger partial charge in [0.15, 0.2) is 17.5 Å². The van der Waals surface area contributed by atoms with E-state index in [9.17, 15) is 4.79 Å². The first-order valence-electron chi connectivity index (χ1n) is 8.67. The van der Waals surface area contributed by atoms with E-state index in [2.05, 4.69) is 21.5 Å². The lowest BCUT2D eigenvalue weighted by Crippen LogP contribution is -2.34. The molecule has 0 saturated heterocycles. The van der Waals surface area contributed by atoms with E-state index in [4.69, 9.17) is 21.6 Å². The lowest BCUT2D eigenvalue weighted by atomic mass is 10.1. The summed E-state index contributed by atoms with van der Waals surface area (Å²) in [6.07, 6.45) is 6.05. The number of methoxy groups -OCH3 is 2. The number of terminal acetylenes is 1. The monoisotopic (exact) mass is 380 g/mol. The average molecular weight is 380 g/mol. The van der Waals surface area contributed by atoms with Crippen LogP contribution in [0.4, 0.5) is 5.69 Å². The van der Waals surface area contributed by atoms with Crippen LogP contribution < -0.4 is 25.8 Å². The van der Waals surface area contributed by atoms with Gasteiger partial charge in [-0.3, -0.25) is 4.79 Å². The summed E-state index contributed by atoms with van der Waals surface area (Å²) in [4.78, 5) is 16.0. The fraction of sp³-hybridized carbons (Fsp3) is 0.238. The largest absolute Gasteiger partial charge is 0.493 e. The zero-order valence-corrected chi connectivity index (χ0v) is 16.0. The van der Waals surface area contributed by atoms with Crippen molar-refractivity contribution in [3.63, 3.8) is 0 Å². The molecule has 0 bridgehead atoms. The number of anilines is 1. The predicted octanol–water partition coefficient (Wildman–Crippen LogP) is 1.77. The van der Waals surface area contributed by atoms with Gasteiger partial charge in [-0.15, -0.1) is 6.42 Å². The van der Waals surface area contributed by atoms with Crippen LogP contribution in [0.5, 0.6) is 11.5 Å². The van der Waals surface area contributed by atoms with Crippen LogP contribution >= 0.6 is 0 Å². The summed E-state index contributed by atoms with van der Waals surface area (Å²) in [5.74, 6) is 3.79. The van der Waals surface area contributed by atoms with Gasteiger partial charge < -0.3 is 25.8 Å². The molecule has 2 rings (SSSR count). The Morgan fingerprint density at radius 2 is 1.96 bits per heavy atom. The highest BCUT2D eigenvalue weighted by Crippen LogP contribution is 2.27. The molecule has 1 amide bonds. The summed E-state index contributed by atoms with van der Waals surface area (Å²) in [6, 6.07) is 12.7. The van der Waals surface area contributed by atoms with Crippen LogP contribution in [0, 0.1) is 12.3 Å². The van der Waals surface area contributed by atoms with Crippen molar-refractivity contribution in [1.29, 1.82) is 0 Å². The molecule has 28 heavy (non-hydrogen) atoms. The number of nitrogens with zero attached hydrogens (tertiary/aromatic N) is 1. The second-order valence-electron chi connectivity index (χ2n) is 5.84. The van der Waals surface area contributed by atoms with Gasteiger partial charge >= 0.3 is 0 Å². The highest BCUT2D eigenvalue weighted by atomic mass is 16.5. The number of nitrogens with two attached hydrogens (primary N) is 1. The Kier molecular flexibility index (Phi) is 7.73. The normalized spacial score (nSPS) is 10.7. The van der Waals surface area contributed by atoms with Gasteiger partial charge in [-0.25, -0.2) is 4.99 Å². The second-order valence-corrected chi connectivity index (χ2v) is 5.84. The standard InChI is InChI=1S/C21H24N4O3/c1-4-15-6-5-7-17(12-15)25-20(26)14-24-21(22)23-11-10-16-8-9-18(27-2)19(13-16)28-3/h1,5-9,12-13H,10-11,14H2,2-3H3,(H,25,26)(H3,22,23,24). The number of carbonyl (C=O) groups excluding carboxylic acids is 1. The number of benzene rings is 2. The van der Waals surface area contributed by atoms with Crippen molar-refractivity contribution in [3.05, 3.63) is 53.6 Å². The van der Waals surface area contributed by atoms with Gasteiger partial charge in [0.1, 0.15) is 6.54 Å². The van der Waals surface area contributed by atoms with Gasteiger partial charge in [0.05, 0.1) is 14.2 Å². The molecule has 146 valence electrons. The minimum Gasteiger partial charge on any atom is -0.493 e. The number of hydrogen-bond donors (Lipinski definition) is 3. The third kappa shape index (κ3) is 6.25. The van der Waals surface area contributed by atoms with E-state index in [1.165, 1.54) is 0 Å². The maximum Gasteiger partial charge on any atom is 0.246 e. The number of rotatable bonds is 8. The summed E-state index contributed by atoms with van der Waals surface area (Å²) >= 11 is 0. The molecule has 0 aliphatic heterocycles. The molecule has 0 spiro atoms. The Labute approximate surface area is 164 Å². The molecular weight excluding hydrogens is 356 g/mol. The van der Waals surface area contributed by atoms with Gasteiger partial charge in [-0.1, -0.05) is 18.1 Å². The Bertz CT molecular complexity index is 887. The molecule has 7 nitrogen and oxygen atoms in total. The van der Waals surface area contributed by atoms with Crippen LogP contribution in [-0.2, 0) is 11.2 Å². The predicted molar refractivity (Wildman–Crippen MR) is 111 cm³/mol. The first kappa shape index (κ1) is 20.6. The quantitative estimate of drug-likeness (QED) is 0.368. The second kappa shape index (κ2) is 10.5. The third-order valence-corrected chi connectivity index (χ3v) is 3.87. The number of hydrogen-bond acceptors (Lipinski definition) is 4. The first-order valence-corrected chi connectivity index (χ1v) is 8.67. The number of carbonyl (C=O) groups is 1. The lowest BCUT2D eigenvalue weighted by Gasteiger charge is -2.10. The zero-order valence-electron chi connectivity index (χ0n) is 16.0. The Morgan fingerprint density at radius 3 is 2.68 bits per heavy atom. The molecule has 0 radical (unpaired) electrons. The van der Waals surface area contributed by atoms with E-state index in [1.54, 1.807) is 38.5 Å². The number of nitrogens with one attached hydrogen (secondary N) is 2. The molecule has 0 aliphatic rings. The van der Waals surface area contributed by atoms with E-state index in [0.717, 1.165) is 5.56 Å². The summed E-state index contributed by atoms with van der Waals surface area (Å²) in [5, 5.41) is 5.71. The van der Waals surface area contributed by atoms with Crippen LogP contribution in [0.25, 0.3) is 0 Å². The van der Waals surface area contributed by atoms with E-state index >= 15 is 0 Å². The molecule has 2 aromatic carbocycles. The van der Waals surface area contributed by atoms with Crippen LogP contribution in [0.3, 0.4) is 0 Å². The first-order chi connectivity index (χ1) is 13.5. The third-order valence-electron chi connectivity index (χ3n) is 3.87. The molecule has 0 heterocycles. The van der Waals surface area contributed by atoms with Crippen molar-refractivity contribution in [2.24, 2.45) is 10.7 Å². The maximum absolute atomic E-state index is 12.0. The molecule has 0 aromatic heterocycles. The molecule has 0 saturated carbocycles. The van der Waals surface area contributed by atoms with Gasteiger partial charge in [0.25, 0.3) is 0 Å². The highest BCUT2D eigenvalue weighted by molar-refractivity contribution is 5.94. The smallest absolute Gasteiger partial charge is 0.246 e. The zero-order chi connectivity index (χ0) is 20.4. The fourth-order valence-electron chi connectivity index (χ4n) is 2.47. The molecule has 0 aliphatic carbocycles. The maximum atomic E-state index is 12.0. The van der Waals surface area contributed by atoms with Crippen molar-refractivity contribution >= 4 is 17.6 Å². The lowest BCUT2D eigenvalue weighted by molar-refractivity contribution is -0.114. The minimum atomic E-state index is -0.279. The summed E-state index contributed by atoms with van der Waals surface area (Å²) < 4.78 is 10.5. The van der Waals surface area contributed by atoms with Crippen molar-refractivity contribution in [2.75, 3.05) is 32.6 Å². The van der Waals surface area contributed by atoms with E-state index < -0.39 is 0 Å². The van der Waals surface area contributed by atoms with E-state index in [-0.39, 0.29) is 18.4 Å². The minimum absolute atomic E-state index is 0.0878. The Morgan fingerprint density at radius 1 is 1.18 bits per heavy atom. The van der Waals surface area contributed by atoms with Crippen LogP contribution in [-0.4, -0.2) is 39.2 Å². The van der Waals surface area contributed by atoms with E-state index in [1.807, 2.05) is 18.2 Å².